The third-order valence-corrected chi connectivity index (χ3v) is 7.80. The lowest BCUT2D eigenvalue weighted by Gasteiger charge is -2.36. The summed E-state index contributed by atoms with van der Waals surface area (Å²) >= 11 is 0. The van der Waals surface area contributed by atoms with Crippen LogP contribution in [0.25, 0.3) is 11.1 Å². The second-order valence-corrected chi connectivity index (χ2v) is 10.5. The molecular formula is C31H31FN4O. The summed E-state index contributed by atoms with van der Waals surface area (Å²) in [5.74, 6) is 1.19. The first-order chi connectivity index (χ1) is 17.9. The summed E-state index contributed by atoms with van der Waals surface area (Å²) < 4.78 is 16.1. The molecule has 0 radical (unpaired) electrons. The van der Waals surface area contributed by atoms with Gasteiger partial charge in [-0.25, -0.2) is 9.37 Å². The molecule has 0 saturated heterocycles. The zero-order valence-corrected chi connectivity index (χ0v) is 21.5. The second-order valence-electron chi connectivity index (χ2n) is 10.5. The van der Waals surface area contributed by atoms with Gasteiger partial charge in [0, 0.05) is 37.2 Å². The molecule has 2 aromatic heterocycles. The molecule has 37 heavy (non-hydrogen) atoms. The van der Waals surface area contributed by atoms with Crippen molar-refractivity contribution in [3.05, 3.63) is 106 Å². The van der Waals surface area contributed by atoms with Gasteiger partial charge in [-0.05, 0) is 116 Å². The Hall–Kier alpha value is -3.80. The summed E-state index contributed by atoms with van der Waals surface area (Å²) in [6.07, 6.45) is 8.60. The maximum atomic E-state index is 14.2. The highest BCUT2D eigenvalue weighted by Crippen LogP contribution is 2.46. The largest absolute Gasteiger partial charge is 0.331 e. The average molecular weight is 495 g/mol. The van der Waals surface area contributed by atoms with Crippen LogP contribution in [0, 0.1) is 32.5 Å². The van der Waals surface area contributed by atoms with Crippen molar-refractivity contribution < 1.29 is 9.18 Å². The monoisotopic (exact) mass is 494 g/mol. The third kappa shape index (κ3) is 4.45. The average Bonchev–Trinajstić information content (AvgIpc) is 3.62. The Morgan fingerprint density at radius 2 is 1.78 bits per heavy atom. The minimum absolute atomic E-state index is 0.00361. The van der Waals surface area contributed by atoms with Gasteiger partial charge in [-0.15, -0.1) is 0 Å². The molecule has 1 saturated carbocycles. The number of amides is 1. The number of rotatable bonds is 6. The van der Waals surface area contributed by atoms with E-state index in [0.29, 0.717) is 19.0 Å². The fourth-order valence-electron chi connectivity index (χ4n) is 5.76. The molecule has 6 rings (SSSR count). The van der Waals surface area contributed by atoms with Gasteiger partial charge in [-0.1, -0.05) is 6.07 Å². The SMILES string of the molecule is Cc1ccnc(C(C2CC2)N2CCc3c(cc(Cn4ccnc4C)cc3-c3ccc(F)cc3C)C2=O)c1. The molecule has 1 fully saturated rings. The van der Waals surface area contributed by atoms with E-state index in [4.69, 9.17) is 0 Å². The van der Waals surface area contributed by atoms with E-state index in [0.717, 1.165) is 69.7 Å². The van der Waals surface area contributed by atoms with Crippen molar-refractivity contribution in [1.82, 2.24) is 19.4 Å². The standard InChI is InChI=1S/C31H31FN4O/c1-19-8-10-34-29(14-19)30(23-4-5-23)36-12-9-26-27(25-7-6-24(32)15-20(25)2)16-22(17-28(26)31(36)37)18-35-13-11-33-21(35)3/h6-8,10-11,13-17,23,30H,4-5,9,12,18H2,1-3H3. The molecular weight excluding hydrogens is 463 g/mol. The Bertz CT molecular complexity index is 1500. The number of halogens is 1. The predicted molar refractivity (Wildman–Crippen MR) is 142 cm³/mol. The third-order valence-electron chi connectivity index (χ3n) is 7.80. The molecule has 0 N–H and O–H groups in total. The van der Waals surface area contributed by atoms with Gasteiger partial charge >= 0.3 is 0 Å². The van der Waals surface area contributed by atoms with E-state index < -0.39 is 0 Å². The van der Waals surface area contributed by atoms with E-state index in [1.165, 1.54) is 6.07 Å². The topological polar surface area (TPSA) is 51.0 Å². The highest BCUT2D eigenvalue weighted by atomic mass is 19.1. The van der Waals surface area contributed by atoms with Gasteiger partial charge in [0.2, 0.25) is 0 Å². The van der Waals surface area contributed by atoms with Gasteiger partial charge in [-0.3, -0.25) is 9.78 Å². The van der Waals surface area contributed by atoms with E-state index in [1.54, 1.807) is 12.3 Å². The molecule has 3 heterocycles. The fraction of sp³-hybridized carbons (Fsp3) is 0.323. The molecule has 4 aromatic rings. The zero-order valence-electron chi connectivity index (χ0n) is 21.5. The van der Waals surface area contributed by atoms with Crippen LogP contribution in [-0.2, 0) is 13.0 Å². The van der Waals surface area contributed by atoms with Crippen LogP contribution in [0.2, 0.25) is 0 Å². The molecule has 1 amide bonds. The normalized spacial score (nSPS) is 16.1. The first kappa shape index (κ1) is 23.6. The number of hydrogen-bond acceptors (Lipinski definition) is 3. The van der Waals surface area contributed by atoms with Crippen molar-refractivity contribution >= 4 is 5.91 Å². The number of carbonyl (C=O) groups is 1. The van der Waals surface area contributed by atoms with E-state index in [1.807, 2.05) is 38.4 Å². The van der Waals surface area contributed by atoms with Gasteiger partial charge in [0.1, 0.15) is 11.6 Å². The van der Waals surface area contributed by atoms with Crippen LogP contribution < -0.4 is 0 Å². The molecule has 1 atom stereocenters. The highest BCUT2D eigenvalue weighted by Gasteiger charge is 2.41. The van der Waals surface area contributed by atoms with Crippen LogP contribution in [-0.4, -0.2) is 31.9 Å². The number of nitrogens with zero attached hydrogens (tertiary/aromatic N) is 4. The maximum absolute atomic E-state index is 14.2. The predicted octanol–water partition coefficient (Wildman–Crippen LogP) is 6.21. The number of pyridine rings is 1. The van der Waals surface area contributed by atoms with Gasteiger partial charge in [0.05, 0.1) is 11.7 Å². The van der Waals surface area contributed by atoms with Crippen LogP contribution in [0.3, 0.4) is 0 Å². The van der Waals surface area contributed by atoms with Crippen LogP contribution in [0.5, 0.6) is 0 Å². The Balaban J connectivity index is 1.46. The van der Waals surface area contributed by atoms with Crippen molar-refractivity contribution in [2.24, 2.45) is 5.92 Å². The first-order valence-corrected chi connectivity index (χ1v) is 13.0. The number of carbonyl (C=O) groups excluding carboxylic acids is 1. The maximum Gasteiger partial charge on any atom is 0.254 e. The Morgan fingerprint density at radius 3 is 2.49 bits per heavy atom. The van der Waals surface area contributed by atoms with Crippen molar-refractivity contribution in [1.29, 1.82) is 0 Å². The highest BCUT2D eigenvalue weighted by molar-refractivity contribution is 5.99. The molecule has 6 heteroatoms. The van der Waals surface area contributed by atoms with Gasteiger partial charge in [0.15, 0.2) is 0 Å². The zero-order chi connectivity index (χ0) is 25.7. The van der Waals surface area contributed by atoms with E-state index in [9.17, 15) is 9.18 Å². The second kappa shape index (κ2) is 9.25. The molecule has 2 aliphatic rings. The molecule has 5 nitrogen and oxygen atoms in total. The lowest BCUT2D eigenvalue weighted by atomic mass is 9.86. The number of benzene rings is 2. The number of aryl methyl sites for hydroxylation is 3. The van der Waals surface area contributed by atoms with E-state index >= 15 is 0 Å². The van der Waals surface area contributed by atoms with Crippen molar-refractivity contribution in [2.45, 2.75) is 52.6 Å². The molecule has 1 aliphatic carbocycles. The Kier molecular flexibility index (Phi) is 5.90. The number of fused-ring (bicyclic) bond motifs is 1. The lowest BCUT2D eigenvalue weighted by Crippen LogP contribution is -2.41. The molecule has 1 aliphatic heterocycles. The summed E-state index contributed by atoms with van der Waals surface area (Å²) in [6.45, 7) is 7.25. The summed E-state index contributed by atoms with van der Waals surface area (Å²) in [4.78, 5) is 25.3. The lowest BCUT2D eigenvalue weighted by molar-refractivity contribution is 0.0627. The van der Waals surface area contributed by atoms with E-state index in [2.05, 4.69) is 44.6 Å². The molecule has 0 bridgehead atoms. The Morgan fingerprint density at radius 1 is 0.973 bits per heavy atom. The van der Waals surface area contributed by atoms with Crippen molar-refractivity contribution in [2.75, 3.05) is 6.54 Å². The van der Waals surface area contributed by atoms with Crippen LogP contribution in [0.4, 0.5) is 4.39 Å². The number of hydrogen-bond donors (Lipinski definition) is 0. The molecule has 0 spiro atoms. The van der Waals surface area contributed by atoms with Crippen molar-refractivity contribution in [3.8, 4) is 11.1 Å². The minimum atomic E-state index is -0.250. The van der Waals surface area contributed by atoms with E-state index in [-0.39, 0.29) is 17.8 Å². The Labute approximate surface area is 217 Å². The van der Waals surface area contributed by atoms with Crippen LogP contribution >= 0.6 is 0 Å². The number of imidazole rings is 1. The van der Waals surface area contributed by atoms with Gasteiger partial charge < -0.3 is 9.47 Å². The summed E-state index contributed by atoms with van der Waals surface area (Å²) in [5.41, 5.74) is 7.84. The molecule has 188 valence electrons. The summed E-state index contributed by atoms with van der Waals surface area (Å²) in [6, 6.07) is 13.3. The first-order valence-electron chi connectivity index (χ1n) is 13.0. The quantitative estimate of drug-likeness (QED) is 0.320. The van der Waals surface area contributed by atoms with Crippen molar-refractivity contribution in [3.63, 3.8) is 0 Å². The smallest absolute Gasteiger partial charge is 0.254 e. The van der Waals surface area contributed by atoms with Crippen LogP contribution in [0.15, 0.2) is 61.1 Å². The minimum Gasteiger partial charge on any atom is -0.331 e. The number of aromatic nitrogens is 3. The fourth-order valence-corrected chi connectivity index (χ4v) is 5.76. The van der Waals surface area contributed by atoms with Gasteiger partial charge in [-0.2, -0.15) is 0 Å². The van der Waals surface area contributed by atoms with Crippen LogP contribution in [0.1, 0.15) is 63.0 Å². The molecule has 1 unspecified atom stereocenters. The summed E-state index contributed by atoms with van der Waals surface area (Å²) in [7, 11) is 0. The summed E-state index contributed by atoms with van der Waals surface area (Å²) in [5, 5.41) is 0. The van der Waals surface area contributed by atoms with Gasteiger partial charge in [0.25, 0.3) is 5.91 Å². The molecule has 2 aromatic carbocycles.